The smallest absolute Gasteiger partial charge is 0.124 e. The number of hydrogen-bond donors (Lipinski definition) is 1. The van der Waals surface area contributed by atoms with Gasteiger partial charge in [0, 0.05) is 11.6 Å². The standard InChI is InChI=1S/C16H24ClFN2/c1-13-5-9-20(10-6-13)8-2-7-19-12-14-3-4-15(18)11-16(14)17/h3-4,11,13,19H,2,5-10,12H2,1H3. The Morgan fingerprint density at radius 3 is 2.80 bits per heavy atom. The Bertz CT molecular complexity index is 417. The molecule has 1 fully saturated rings. The molecule has 1 heterocycles. The van der Waals surface area contributed by atoms with Crippen LogP contribution in [0.2, 0.25) is 5.02 Å². The van der Waals surface area contributed by atoms with Crippen LogP contribution in [0.4, 0.5) is 4.39 Å². The number of piperidine rings is 1. The Kier molecular flexibility index (Phi) is 6.27. The van der Waals surface area contributed by atoms with Gasteiger partial charge in [0.2, 0.25) is 0 Å². The van der Waals surface area contributed by atoms with E-state index in [1.807, 2.05) is 0 Å². The van der Waals surface area contributed by atoms with Crippen molar-refractivity contribution in [3.8, 4) is 0 Å². The maximum Gasteiger partial charge on any atom is 0.124 e. The lowest BCUT2D eigenvalue weighted by Gasteiger charge is -2.30. The van der Waals surface area contributed by atoms with E-state index >= 15 is 0 Å². The van der Waals surface area contributed by atoms with Crippen molar-refractivity contribution in [3.05, 3.63) is 34.6 Å². The lowest BCUT2D eigenvalue weighted by atomic mass is 9.99. The molecule has 2 nitrogen and oxygen atoms in total. The van der Waals surface area contributed by atoms with E-state index < -0.39 is 0 Å². The van der Waals surface area contributed by atoms with E-state index in [0.29, 0.717) is 11.6 Å². The highest BCUT2D eigenvalue weighted by Gasteiger charge is 2.14. The van der Waals surface area contributed by atoms with Gasteiger partial charge in [0.05, 0.1) is 0 Å². The summed E-state index contributed by atoms with van der Waals surface area (Å²) in [4.78, 5) is 2.55. The average molecular weight is 299 g/mol. The average Bonchev–Trinajstić information content (AvgIpc) is 2.42. The van der Waals surface area contributed by atoms with Crippen molar-refractivity contribution < 1.29 is 4.39 Å². The SMILES string of the molecule is CC1CCN(CCCNCc2ccc(F)cc2Cl)CC1. The molecule has 1 N–H and O–H groups in total. The fraction of sp³-hybridized carbons (Fsp3) is 0.625. The third kappa shape index (κ3) is 5.04. The molecule has 1 aromatic carbocycles. The molecule has 0 amide bonds. The van der Waals surface area contributed by atoms with Gasteiger partial charge in [-0.15, -0.1) is 0 Å². The molecule has 4 heteroatoms. The summed E-state index contributed by atoms with van der Waals surface area (Å²) in [5.74, 6) is 0.614. The van der Waals surface area contributed by atoms with Gasteiger partial charge in [-0.2, -0.15) is 0 Å². The van der Waals surface area contributed by atoms with Crippen LogP contribution in [-0.2, 0) is 6.54 Å². The van der Waals surface area contributed by atoms with Crippen molar-refractivity contribution in [2.75, 3.05) is 26.2 Å². The molecule has 0 atom stereocenters. The molecule has 20 heavy (non-hydrogen) atoms. The number of hydrogen-bond acceptors (Lipinski definition) is 2. The van der Waals surface area contributed by atoms with Gasteiger partial charge in [-0.1, -0.05) is 24.6 Å². The molecule has 0 bridgehead atoms. The van der Waals surface area contributed by atoms with Gasteiger partial charge >= 0.3 is 0 Å². The van der Waals surface area contributed by atoms with E-state index in [-0.39, 0.29) is 5.82 Å². The first-order chi connectivity index (χ1) is 9.65. The molecule has 0 saturated carbocycles. The van der Waals surface area contributed by atoms with Crippen molar-refractivity contribution in [3.63, 3.8) is 0 Å². The maximum atomic E-state index is 12.9. The van der Waals surface area contributed by atoms with Crippen LogP contribution in [0.15, 0.2) is 18.2 Å². The summed E-state index contributed by atoms with van der Waals surface area (Å²) in [5, 5.41) is 3.88. The first-order valence-electron chi connectivity index (χ1n) is 7.52. The zero-order valence-electron chi connectivity index (χ0n) is 12.2. The molecule has 0 radical (unpaired) electrons. The molecule has 112 valence electrons. The second-order valence-corrected chi connectivity index (χ2v) is 6.20. The Morgan fingerprint density at radius 1 is 1.35 bits per heavy atom. The number of benzene rings is 1. The minimum atomic E-state index is -0.280. The van der Waals surface area contributed by atoms with Crippen LogP contribution >= 0.6 is 11.6 Å². The van der Waals surface area contributed by atoms with E-state index in [2.05, 4.69) is 17.1 Å². The maximum absolute atomic E-state index is 12.9. The molecule has 1 aromatic rings. The molecular formula is C16H24ClFN2. The highest BCUT2D eigenvalue weighted by atomic mass is 35.5. The zero-order valence-corrected chi connectivity index (χ0v) is 12.9. The summed E-state index contributed by atoms with van der Waals surface area (Å²) in [6.45, 7) is 7.66. The molecule has 1 saturated heterocycles. The minimum Gasteiger partial charge on any atom is -0.313 e. The van der Waals surface area contributed by atoms with Crippen LogP contribution in [0.5, 0.6) is 0 Å². The first-order valence-corrected chi connectivity index (χ1v) is 7.90. The van der Waals surface area contributed by atoms with Crippen LogP contribution in [-0.4, -0.2) is 31.1 Å². The van der Waals surface area contributed by atoms with Crippen LogP contribution in [0.1, 0.15) is 31.7 Å². The molecule has 0 aliphatic carbocycles. The second kappa shape index (κ2) is 7.96. The fourth-order valence-corrected chi connectivity index (χ4v) is 2.84. The van der Waals surface area contributed by atoms with Crippen LogP contribution < -0.4 is 5.32 Å². The van der Waals surface area contributed by atoms with Gasteiger partial charge in [0.15, 0.2) is 0 Å². The Balaban J connectivity index is 1.59. The highest BCUT2D eigenvalue weighted by Crippen LogP contribution is 2.17. The Labute approximate surface area is 126 Å². The van der Waals surface area contributed by atoms with Crippen molar-refractivity contribution in [1.82, 2.24) is 10.2 Å². The van der Waals surface area contributed by atoms with Gasteiger partial charge in [-0.3, -0.25) is 0 Å². The normalized spacial score (nSPS) is 17.6. The van der Waals surface area contributed by atoms with E-state index in [4.69, 9.17) is 11.6 Å². The van der Waals surface area contributed by atoms with Gasteiger partial charge in [0.25, 0.3) is 0 Å². The van der Waals surface area contributed by atoms with E-state index in [0.717, 1.165) is 31.0 Å². The van der Waals surface area contributed by atoms with E-state index in [1.165, 1.54) is 38.1 Å². The third-order valence-electron chi connectivity index (χ3n) is 4.03. The summed E-state index contributed by atoms with van der Waals surface area (Å²) >= 11 is 5.99. The molecule has 0 spiro atoms. The molecule has 0 unspecified atom stereocenters. The molecule has 1 aliphatic rings. The van der Waals surface area contributed by atoms with E-state index in [9.17, 15) is 4.39 Å². The topological polar surface area (TPSA) is 15.3 Å². The monoisotopic (exact) mass is 298 g/mol. The van der Waals surface area contributed by atoms with Crippen molar-refractivity contribution in [1.29, 1.82) is 0 Å². The summed E-state index contributed by atoms with van der Waals surface area (Å²) in [6, 6.07) is 4.57. The van der Waals surface area contributed by atoms with Crippen LogP contribution in [0, 0.1) is 11.7 Å². The van der Waals surface area contributed by atoms with Gasteiger partial charge < -0.3 is 10.2 Å². The largest absolute Gasteiger partial charge is 0.313 e. The predicted octanol–water partition coefficient (Wildman–Crippen LogP) is 3.69. The van der Waals surface area contributed by atoms with Crippen molar-refractivity contribution in [2.45, 2.75) is 32.7 Å². The molecule has 1 aliphatic heterocycles. The highest BCUT2D eigenvalue weighted by molar-refractivity contribution is 6.31. The summed E-state index contributed by atoms with van der Waals surface area (Å²) in [7, 11) is 0. The summed E-state index contributed by atoms with van der Waals surface area (Å²) < 4.78 is 12.9. The first kappa shape index (κ1) is 15.7. The lowest BCUT2D eigenvalue weighted by Crippen LogP contribution is -2.34. The number of halogens is 2. The van der Waals surface area contributed by atoms with Gasteiger partial charge in [-0.25, -0.2) is 4.39 Å². The van der Waals surface area contributed by atoms with Crippen LogP contribution in [0.25, 0.3) is 0 Å². The van der Waals surface area contributed by atoms with Gasteiger partial charge in [0.1, 0.15) is 5.82 Å². The molecular weight excluding hydrogens is 275 g/mol. The van der Waals surface area contributed by atoms with Crippen molar-refractivity contribution >= 4 is 11.6 Å². The van der Waals surface area contributed by atoms with Crippen LogP contribution in [0.3, 0.4) is 0 Å². The van der Waals surface area contributed by atoms with Crippen molar-refractivity contribution in [2.24, 2.45) is 5.92 Å². The quantitative estimate of drug-likeness (QED) is 0.806. The number of rotatable bonds is 6. The second-order valence-electron chi connectivity index (χ2n) is 5.79. The number of nitrogens with one attached hydrogen (secondary N) is 1. The van der Waals surface area contributed by atoms with Gasteiger partial charge in [-0.05, 0) is 69.1 Å². The van der Waals surface area contributed by atoms with E-state index in [1.54, 1.807) is 6.07 Å². The molecule has 2 rings (SSSR count). The summed E-state index contributed by atoms with van der Waals surface area (Å²) in [6.07, 6.45) is 3.81. The fourth-order valence-electron chi connectivity index (χ4n) is 2.60. The summed E-state index contributed by atoms with van der Waals surface area (Å²) in [5.41, 5.74) is 0.958. The zero-order chi connectivity index (χ0) is 14.4. The lowest BCUT2D eigenvalue weighted by molar-refractivity contribution is 0.190. The Hall–Kier alpha value is -0.640. The predicted molar refractivity (Wildman–Crippen MR) is 82.6 cm³/mol. The Morgan fingerprint density at radius 2 is 2.10 bits per heavy atom. The number of likely N-dealkylation sites (tertiary alicyclic amines) is 1. The minimum absolute atomic E-state index is 0.280. The third-order valence-corrected chi connectivity index (χ3v) is 4.39. The number of nitrogens with zero attached hydrogens (tertiary/aromatic N) is 1. The molecule has 0 aromatic heterocycles.